The Bertz CT molecular complexity index is 700. The smallest absolute Gasteiger partial charge is 0.223 e. The summed E-state index contributed by atoms with van der Waals surface area (Å²) in [4.78, 5) is 8.65. The summed E-state index contributed by atoms with van der Waals surface area (Å²) >= 11 is 0. The zero-order valence-electron chi connectivity index (χ0n) is 10.9. The van der Waals surface area contributed by atoms with Gasteiger partial charge < -0.3 is 10.4 Å². The Labute approximate surface area is 117 Å². The van der Waals surface area contributed by atoms with Crippen molar-refractivity contribution in [3.8, 4) is 0 Å². The number of aliphatic hydroxyl groups excluding tert-OH is 1. The van der Waals surface area contributed by atoms with Crippen molar-refractivity contribution < 1.29 is 5.11 Å². The molecule has 0 aliphatic rings. The molecule has 3 aromatic rings. The fourth-order valence-electron chi connectivity index (χ4n) is 2.04. The molecule has 100 valence electrons. The molecule has 1 atom stereocenters. The van der Waals surface area contributed by atoms with Gasteiger partial charge in [0.25, 0.3) is 0 Å². The summed E-state index contributed by atoms with van der Waals surface area (Å²) in [5.41, 5.74) is 1.76. The summed E-state index contributed by atoms with van der Waals surface area (Å²) in [5, 5.41) is 14.1. The van der Waals surface area contributed by atoms with E-state index in [0.717, 1.165) is 16.5 Å². The Morgan fingerprint density at radius 2 is 1.75 bits per heavy atom. The summed E-state index contributed by atoms with van der Waals surface area (Å²) in [6.07, 6.45) is 1.20. The van der Waals surface area contributed by atoms with Crippen LogP contribution in [0.4, 0.5) is 5.95 Å². The van der Waals surface area contributed by atoms with Crippen LogP contribution in [0.2, 0.25) is 0 Å². The molecule has 2 N–H and O–H groups in total. The second-order valence-electron chi connectivity index (χ2n) is 4.56. The van der Waals surface area contributed by atoms with E-state index in [2.05, 4.69) is 15.3 Å². The first kappa shape index (κ1) is 12.6. The van der Waals surface area contributed by atoms with Crippen LogP contribution < -0.4 is 5.32 Å². The molecule has 1 unspecified atom stereocenters. The maximum atomic E-state index is 10.1. The number of para-hydroxylation sites is 1. The summed E-state index contributed by atoms with van der Waals surface area (Å²) in [7, 11) is 0. The number of hydrogen-bond donors (Lipinski definition) is 2. The average Bonchev–Trinajstić information content (AvgIpc) is 2.53. The quantitative estimate of drug-likeness (QED) is 0.761. The van der Waals surface area contributed by atoms with E-state index >= 15 is 0 Å². The molecule has 3 rings (SSSR count). The molecule has 1 heterocycles. The lowest BCUT2D eigenvalue weighted by atomic mass is 10.1. The highest BCUT2D eigenvalue weighted by Crippen LogP contribution is 2.14. The molecular formula is C16H15N3O. The van der Waals surface area contributed by atoms with Gasteiger partial charge in [-0.05, 0) is 11.6 Å². The second kappa shape index (κ2) is 5.67. The molecule has 20 heavy (non-hydrogen) atoms. The van der Waals surface area contributed by atoms with Crippen LogP contribution >= 0.6 is 0 Å². The number of aromatic nitrogens is 2. The van der Waals surface area contributed by atoms with Gasteiger partial charge in [0.1, 0.15) is 0 Å². The highest BCUT2D eigenvalue weighted by molar-refractivity contribution is 5.78. The molecule has 0 bridgehead atoms. The van der Waals surface area contributed by atoms with Crippen LogP contribution in [0.1, 0.15) is 11.7 Å². The summed E-state index contributed by atoms with van der Waals surface area (Å²) in [6.45, 7) is 0.377. The van der Waals surface area contributed by atoms with Crippen molar-refractivity contribution in [2.45, 2.75) is 6.10 Å². The number of rotatable bonds is 4. The van der Waals surface area contributed by atoms with Gasteiger partial charge in [0, 0.05) is 18.1 Å². The molecule has 0 amide bonds. The maximum Gasteiger partial charge on any atom is 0.223 e. The second-order valence-corrected chi connectivity index (χ2v) is 4.56. The fraction of sp³-hybridized carbons (Fsp3) is 0.125. The van der Waals surface area contributed by atoms with Crippen molar-refractivity contribution in [2.75, 3.05) is 11.9 Å². The Hall–Kier alpha value is -2.46. The molecule has 2 aromatic carbocycles. The standard InChI is InChI=1S/C16H15N3O/c20-15(12-6-2-1-3-7-12)11-18-16-17-10-13-8-4-5-9-14(13)19-16/h1-10,15,20H,11H2,(H,17,18,19). The molecule has 0 aliphatic carbocycles. The highest BCUT2D eigenvalue weighted by atomic mass is 16.3. The van der Waals surface area contributed by atoms with Gasteiger partial charge in [0.15, 0.2) is 0 Å². The van der Waals surface area contributed by atoms with Crippen LogP contribution in [-0.4, -0.2) is 21.6 Å². The van der Waals surface area contributed by atoms with Gasteiger partial charge in [-0.2, -0.15) is 0 Å². The lowest BCUT2D eigenvalue weighted by molar-refractivity contribution is 0.191. The lowest BCUT2D eigenvalue weighted by Crippen LogP contribution is -2.13. The van der Waals surface area contributed by atoms with Gasteiger partial charge in [-0.3, -0.25) is 0 Å². The molecule has 0 fully saturated rings. The van der Waals surface area contributed by atoms with E-state index in [1.54, 1.807) is 6.20 Å². The van der Waals surface area contributed by atoms with Crippen molar-refractivity contribution in [3.05, 3.63) is 66.4 Å². The zero-order chi connectivity index (χ0) is 13.8. The minimum Gasteiger partial charge on any atom is -0.387 e. The Morgan fingerprint density at radius 1 is 1.00 bits per heavy atom. The fourth-order valence-corrected chi connectivity index (χ4v) is 2.04. The average molecular weight is 265 g/mol. The number of fused-ring (bicyclic) bond motifs is 1. The first-order valence-electron chi connectivity index (χ1n) is 6.51. The number of aliphatic hydroxyl groups is 1. The van der Waals surface area contributed by atoms with Crippen LogP contribution in [0, 0.1) is 0 Å². The Kier molecular flexibility index (Phi) is 3.56. The van der Waals surface area contributed by atoms with Crippen LogP contribution in [0.5, 0.6) is 0 Å². The first-order chi connectivity index (χ1) is 9.83. The zero-order valence-corrected chi connectivity index (χ0v) is 10.9. The predicted molar refractivity (Wildman–Crippen MR) is 79.4 cm³/mol. The third-order valence-corrected chi connectivity index (χ3v) is 3.13. The van der Waals surface area contributed by atoms with Gasteiger partial charge in [-0.25, -0.2) is 9.97 Å². The van der Waals surface area contributed by atoms with E-state index in [0.29, 0.717) is 12.5 Å². The van der Waals surface area contributed by atoms with Crippen molar-refractivity contribution in [1.82, 2.24) is 9.97 Å². The van der Waals surface area contributed by atoms with Crippen LogP contribution in [0.15, 0.2) is 60.8 Å². The Morgan fingerprint density at radius 3 is 2.60 bits per heavy atom. The normalized spacial score (nSPS) is 12.2. The number of nitrogens with zero attached hydrogens (tertiary/aromatic N) is 2. The molecule has 0 aliphatic heterocycles. The minimum atomic E-state index is -0.578. The van der Waals surface area contributed by atoms with Gasteiger partial charge in [-0.15, -0.1) is 0 Å². The van der Waals surface area contributed by atoms with E-state index in [4.69, 9.17) is 0 Å². The van der Waals surface area contributed by atoms with Crippen molar-refractivity contribution in [3.63, 3.8) is 0 Å². The van der Waals surface area contributed by atoms with Crippen LogP contribution in [0.3, 0.4) is 0 Å². The third kappa shape index (κ3) is 2.75. The van der Waals surface area contributed by atoms with Gasteiger partial charge in [0.05, 0.1) is 11.6 Å². The predicted octanol–water partition coefficient (Wildman–Crippen LogP) is 2.78. The molecular weight excluding hydrogens is 250 g/mol. The summed E-state index contributed by atoms with van der Waals surface area (Å²) in [5.74, 6) is 0.527. The van der Waals surface area contributed by atoms with E-state index in [1.165, 1.54) is 0 Å². The minimum absolute atomic E-state index is 0.377. The molecule has 0 radical (unpaired) electrons. The molecule has 0 spiro atoms. The molecule has 1 aromatic heterocycles. The monoisotopic (exact) mass is 265 g/mol. The SMILES string of the molecule is OC(CNc1ncc2ccccc2n1)c1ccccc1. The Balaban J connectivity index is 1.70. The maximum absolute atomic E-state index is 10.1. The molecule has 0 saturated carbocycles. The number of nitrogens with one attached hydrogen (secondary N) is 1. The molecule has 0 saturated heterocycles. The van der Waals surface area contributed by atoms with Gasteiger partial charge >= 0.3 is 0 Å². The first-order valence-corrected chi connectivity index (χ1v) is 6.51. The van der Waals surface area contributed by atoms with E-state index < -0.39 is 6.10 Å². The number of anilines is 1. The summed E-state index contributed by atoms with van der Waals surface area (Å²) < 4.78 is 0. The van der Waals surface area contributed by atoms with Crippen molar-refractivity contribution in [2.24, 2.45) is 0 Å². The van der Waals surface area contributed by atoms with E-state index in [9.17, 15) is 5.11 Å². The van der Waals surface area contributed by atoms with E-state index in [-0.39, 0.29) is 0 Å². The summed E-state index contributed by atoms with van der Waals surface area (Å²) in [6, 6.07) is 17.3. The number of benzene rings is 2. The largest absolute Gasteiger partial charge is 0.387 e. The van der Waals surface area contributed by atoms with Crippen molar-refractivity contribution >= 4 is 16.9 Å². The van der Waals surface area contributed by atoms with Crippen LogP contribution in [0.25, 0.3) is 10.9 Å². The molecule has 4 heteroatoms. The molecule has 4 nitrogen and oxygen atoms in total. The van der Waals surface area contributed by atoms with E-state index in [1.807, 2.05) is 54.6 Å². The number of hydrogen-bond acceptors (Lipinski definition) is 4. The topological polar surface area (TPSA) is 58.0 Å². The van der Waals surface area contributed by atoms with Gasteiger partial charge in [-0.1, -0.05) is 48.5 Å². The highest BCUT2D eigenvalue weighted by Gasteiger charge is 2.07. The third-order valence-electron chi connectivity index (χ3n) is 3.13. The lowest BCUT2D eigenvalue weighted by Gasteiger charge is -2.12. The van der Waals surface area contributed by atoms with Crippen LogP contribution in [-0.2, 0) is 0 Å². The van der Waals surface area contributed by atoms with Crippen molar-refractivity contribution in [1.29, 1.82) is 0 Å². The van der Waals surface area contributed by atoms with Gasteiger partial charge in [0.2, 0.25) is 5.95 Å².